The van der Waals surface area contributed by atoms with Gasteiger partial charge in [-0.2, -0.15) is 5.10 Å². The van der Waals surface area contributed by atoms with Crippen molar-refractivity contribution >= 4 is 75.0 Å². The highest BCUT2D eigenvalue weighted by atomic mass is 35.5. The van der Waals surface area contributed by atoms with E-state index in [-0.39, 0.29) is 24.7 Å². The van der Waals surface area contributed by atoms with Crippen molar-refractivity contribution in [3.8, 4) is 11.5 Å². The Labute approximate surface area is 240 Å². The number of ether oxygens (including phenoxy) is 1. The van der Waals surface area contributed by atoms with E-state index in [0.29, 0.717) is 51.7 Å². The molecule has 2 aromatic carbocycles. The molecule has 5 aromatic rings. The van der Waals surface area contributed by atoms with E-state index in [1.807, 2.05) is 22.9 Å². The van der Waals surface area contributed by atoms with Crippen molar-refractivity contribution < 1.29 is 14.6 Å². The first-order valence-corrected chi connectivity index (χ1v) is 12.6. The number of carbonyl (C=O) groups is 1. The van der Waals surface area contributed by atoms with Gasteiger partial charge in [-0.05, 0) is 50.2 Å². The number of halogens is 3. The fourth-order valence-corrected chi connectivity index (χ4v) is 4.49. The molecule has 4 N–H and O–H groups in total. The van der Waals surface area contributed by atoms with Gasteiger partial charge in [-0.3, -0.25) is 9.89 Å². The van der Waals surface area contributed by atoms with Gasteiger partial charge in [-0.15, -0.1) is 12.4 Å². The van der Waals surface area contributed by atoms with Gasteiger partial charge in [-0.1, -0.05) is 23.2 Å². The first-order chi connectivity index (χ1) is 18.2. The van der Waals surface area contributed by atoms with Gasteiger partial charge < -0.3 is 25.0 Å². The molecule has 1 amide bonds. The average Bonchev–Trinajstić information content (AvgIpc) is 3.50. The largest absolute Gasteiger partial charge is 0.455 e. The van der Waals surface area contributed by atoms with Crippen LogP contribution in [0, 0.1) is 0 Å². The molecule has 0 atom stereocenters. The molecule has 0 aliphatic heterocycles. The summed E-state index contributed by atoms with van der Waals surface area (Å²) < 4.78 is 8.01. The minimum Gasteiger partial charge on any atom is -0.455 e. The van der Waals surface area contributed by atoms with E-state index < -0.39 is 5.60 Å². The Morgan fingerprint density at radius 3 is 2.69 bits per heavy atom. The van der Waals surface area contributed by atoms with Gasteiger partial charge >= 0.3 is 0 Å². The molecule has 0 radical (unpaired) electrons. The highest BCUT2D eigenvalue weighted by Crippen LogP contribution is 2.37. The maximum absolute atomic E-state index is 12.0. The molecule has 39 heavy (non-hydrogen) atoms. The third-order valence-corrected chi connectivity index (χ3v) is 6.37. The zero-order chi connectivity index (χ0) is 26.9. The number of nitrogens with zero attached hydrogens (tertiary/aromatic N) is 4. The van der Waals surface area contributed by atoms with Crippen molar-refractivity contribution in [2.45, 2.75) is 32.4 Å². The molecule has 0 saturated carbocycles. The van der Waals surface area contributed by atoms with Crippen LogP contribution < -0.4 is 15.4 Å². The van der Waals surface area contributed by atoms with Crippen LogP contribution in [-0.4, -0.2) is 47.9 Å². The van der Waals surface area contributed by atoms with Crippen LogP contribution in [0.1, 0.15) is 20.3 Å². The number of carbonyl (C=O) groups excluding carboxylic acids is 1. The normalized spacial score (nSPS) is 11.4. The van der Waals surface area contributed by atoms with E-state index in [0.717, 1.165) is 16.4 Å². The highest BCUT2D eigenvalue weighted by Gasteiger charge is 2.18. The molecule has 13 heteroatoms. The van der Waals surface area contributed by atoms with Crippen molar-refractivity contribution in [3.05, 3.63) is 65.2 Å². The van der Waals surface area contributed by atoms with E-state index in [1.165, 1.54) is 6.33 Å². The van der Waals surface area contributed by atoms with Crippen molar-refractivity contribution in [2.24, 2.45) is 0 Å². The number of nitrogens with one attached hydrogen (secondary N) is 3. The van der Waals surface area contributed by atoms with Crippen LogP contribution >= 0.6 is 35.6 Å². The predicted octanol–water partition coefficient (Wildman–Crippen LogP) is 5.85. The summed E-state index contributed by atoms with van der Waals surface area (Å²) in [5, 5.41) is 24.6. The molecule has 0 spiro atoms. The summed E-state index contributed by atoms with van der Waals surface area (Å²) >= 11 is 12.8. The SMILES string of the molecule is CC(C)(O)CC(=O)NCCn1ccc2ncnc(Nc3ccc(Oc4ccc(Cl)c5[nH]ncc45)c(Cl)c3)c21.Cl. The van der Waals surface area contributed by atoms with Gasteiger partial charge in [0.05, 0.1) is 44.7 Å². The Morgan fingerprint density at radius 2 is 1.92 bits per heavy atom. The number of hydrogen-bond donors (Lipinski definition) is 4. The summed E-state index contributed by atoms with van der Waals surface area (Å²) in [5.41, 5.74) is 1.87. The number of hydrogen-bond acceptors (Lipinski definition) is 7. The second kappa shape index (κ2) is 11.7. The maximum atomic E-state index is 12.0. The monoisotopic (exact) mass is 589 g/mol. The molecule has 0 unspecified atom stereocenters. The first kappa shape index (κ1) is 28.4. The summed E-state index contributed by atoms with van der Waals surface area (Å²) in [6.45, 7) is 4.09. The van der Waals surface area contributed by atoms with E-state index in [1.54, 1.807) is 44.3 Å². The highest BCUT2D eigenvalue weighted by molar-refractivity contribution is 6.35. The second-order valence-corrected chi connectivity index (χ2v) is 10.2. The van der Waals surface area contributed by atoms with Crippen molar-refractivity contribution in [1.29, 1.82) is 0 Å². The molecule has 0 aliphatic carbocycles. The molecular formula is C26H26Cl3N7O3. The molecule has 3 aromatic heterocycles. The van der Waals surface area contributed by atoms with Crippen molar-refractivity contribution in [1.82, 2.24) is 30.0 Å². The second-order valence-electron chi connectivity index (χ2n) is 9.38. The number of H-pyrrole nitrogens is 1. The number of rotatable bonds is 9. The Kier molecular flexibility index (Phi) is 8.51. The zero-order valence-corrected chi connectivity index (χ0v) is 23.4. The lowest BCUT2D eigenvalue weighted by Crippen LogP contribution is -2.33. The number of amides is 1. The van der Waals surface area contributed by atoms with Crippen LogP contribution in [0.15, 0.2) is 55.1 Å². The molecule has 0 aliphatic rings. The Morgan fingerprint density at radius 1 is 1.13 bits per heavy atom. The van der Waals surface area contributed by atoms with Gasteiger partial charge in [0, 0.05) is 25.0 Å². The number of aromatic nitrogens is 5. The summed E-state index contributed by atoms with van der Waals surface area (Å²) in [6.07, 6.45) is 5.05. The van der Waals surface area contributed by atoms with Gasteiger partial charge in [0.1, 0.15) is 23.3 Å². The first-order valence-electron chi connectivity index (χ1n) is 11.8. The van der Waals surface area contributed by atoms with Crippen LogP contribution in [0.5, 0.6) is 11.5 Å². The third-order valence-electron chi connectivity index (χ3n) is 5.76. The Balaban J connectivity index is 0.00000353. The van der Waals surface area contributed by atoms with Crippen LogP contribution in [0.2, 0.25) is 10.0 Å². The van der Waals surface area contributed by atoms with Crippen LogP contribution in [0.3, 0.4) is 0 Å². The van der Waals surface area contributed by atoms with E-state index >= 15 is 0 Å². The van der Waals surface area contributed by atoms with Crippen LogP contribution in [0.25, 0.3) is 21.9 Å². The molecule has 5 rings (SSSR count). The lowest BCUT2D eigenvalue weighted by molar-refractivity contribution is -0.124. The smallest absolute Gasteiger partial charge is 0.222 e. The predicted molar refractivity (Wildman–Crippen MR) is 155 cm³/mol. The standard InChI is InChI=1S/C26H25Cl2N7O3.ClH/c1-26(2,37)12-22(36)29-8-10-35-9-7-19-24(35)25(31-14-30-19)33-15-3-5-21(18(28)11-15)38-20-6-4-17(27)23-16(20)13-32-34-23;/h3-7,9,11,13-14,37H,8,10,12H2,1-2H3,(H,29,36)(H,32,34)(H,30,31,33);1H. The topological polar surface area (TPSA) is 130 Å². The van der Waals surface area contributed by atoms with E-state index in [4.69, 9.17) is 27.9 Å². The lowest BCUT2D eigenvalue weighted by atomic mass is 10.1. The van der Waals surface area contributed by atoms with Gasteiger partial charge in [0.2, 0.25) is 5.91 Å². The summed E-state index contributed by atoms with van der Waals surface area (Å²) in [7, 11) is 0. The fourth-order valence-electron chi connectivity index (χ4n) is 4.06. The van der Waals surface area contributed by atoms with Crippen LogP contribution in [-0.2, 0) is 11.3 Å². The molecule has 0 fully saturated rings. The Hall–Kier alpha value is -3.57. The summed E-state index contributed by atoms with van der Waals surface area (Å²) in [6, 6.07) is 10.7. The summed E-state index contributed by atoms with van der Waals surface area (Å²) in [4.78, 5) is 20.8. The summed E-state index contributed by atoms with van der Waals surface area (Å²) in [5.74, 6) is 1.42. The average molecular weight is 591 g/mol. The van der Waals surface area contributed by atoms with Crippen molar-refractivity contribution in [2.75, 3.05) is 11.9 Å². The number of fused-ring (bicyclic) bond motifs is 2. The molecule has 3 heterocycles. The quantitative estimate of drug-likeness (QED) is 0.169. The molecule has 0 bridgehead atoms. The van der Waals surface area contributed by atoms with Gasteiger partial charge in [0.15, 0.2) is 5.82 Å². The zero-order valence-electron chi connectivity index (χ0n) is 21.0. The molecule has 10 nitrogen and oxygen atoms in total. The molecular weight excluding hydrogens is 565 g/mol. The van der Waals surface area contributed by atoms with E-state index in [9.17, 15) is 9.90 Å². The number of anilines is 2. The molecule has 0 saturated heterocycles. The van der Waals surface area contributed by atoms with Crippen LogP contribution in [0.4, 0.5) is 11.5 Å². The van der Waals surface area contributed by atoms with Crippen molar-refractivity contribution in [3.63, 3.8) is 0 Å². The van der Waals surface area contributed by atoms with Gasteiger partial charge in [-0.25, -0.2) is 9.97 Å². The van der Waals surface area contributed by atoms with E-state index in [2.05, 4.69) is 30.8 Å². The molecule has 204 valence electrons. The minimum absolute atomic E-state index is 0. The third kappa shape index (κ3) is 6.54. The van der Waals surface area contributed by atoms with Gasteiger partial charge in [0.25, 0.3) is 0 Å². The Bertz CT molecular complexity index is 1630. The fraction of sp³-hybridized carbons (Fsp3) is 0.231. The number of benzene rings is 2. The maximum Gasteiger partial charge on any atom is 0.222 e. The number of aliphatic hydroxyl groups is 1. The lowest BCUT2D eigenvalue weighted by Gasteiger charge is -2.16. The number of aromatic amines is 1. The minimum atomic E-state index is -1.06.